The van der Waals surface area contributed by atoms with Gasteiger partial charge in [-0.15, -0.1) is 0 Å². The van der Waals surface area contributed by atoms with Gasteiger partial charge in [0.2, 0.25) is 0 Å². The van der Waals surface area contributed by atoms with Crippen molar-refractivity contribution in [3.8, 4) is 0 Å². The highest BCUT2D eigenvalue weighted by molar-refractivity contribution is 5.93. The van der Waals surface area contributed by atoms with Crippen LogP contribution in [0.15, 0.2) is 42.6 Å². The van der Waals surface area contributed by atoms with Gasteiger partial charge in [-0.05, 0) is 43.0 Å². The molecule has 0 saturated carbocycles. The van der Waals surface area contributed by atoms with E-state index < -0.39 is 0 Å². The molecule has 126 valence electrons. The molecule has 24 heavy (non-hydrogen) atoms. The lowest BCUT2D eigenvalue weighted by Crippen LogP contribution is -2.32. The summed E-state index contributed by atoms with van der Waals surface area (Å²) in [5.41, 5.74) is 1.84. The summed E-state index contributed by atoms with van der Waals surface area (Å²) in [6.07, 6.45) is 3.81. The van der Waals surface area contributed by atoms with E-state index in [2.05, 4.69) is 4.98 Å². The van der Waals surface area contributed by atoms with Crippen molar-refractivity contribution in [3.05, 3.63) is 65.2 Å². The molecule has 1 amide bonds. The molecule has 0 bridgehead atoms. The summed E-state index contributed by atoms with van der Waals surface area (Å²) in [5, 5.41) is 9.68. The molecule has 0 radical (unpaired) electrons. The van der Waals surface area contributed by atoms with Gasteiger partial charge in [0, 0.05) is 31.4 Å². The number of nitrogens with zero attached hydrogens (tertiary/aromatic N) is 2. The molecule has 1 aliphatic rings. The standard InChI is InChI=1S/C19H21FN2O2/c20-18-6-2-1-4-14(18)12-16-8-7-15(13-21-16)19(24)22-10-3-5-17(23)9-11-22/h1-2,4,6-8,13,17,23H,3,5,9-12H2. The van der Waals surface area contributed by atoms with Crippen LogP contribution >= 0.6 is 0 Å². The second kappa shape index (κ2) is 7.53. The molecule has 1 aromatic carbocycles. The van der Waals surface area contributed by atoms with Crippen molar-refractivity contribution in [3.63, 3.8) is 0 Å². The fourth-order valence-electron chi connectivity index (χ4n) is 2.96. The van der Waals surface area contributed by atoms with Crippen LogP contribution in [0.5, 0.6) is 0 Å². The first kappa shape index (κ1) is 16.6. The van der Waals surface area contributed by atoms with Gasteiger partial charge < -0.3 is 10.0 Å². The fraction of sp³-hybridized carbons (Fsp3) is 0.368. The number of carbonyl (C=O) groups is 1. The molecule has 1 fully saturated rings. The lowest BCUT2D eigenvalue weighted by Gasteiger charge is -2.20. The Morgan fingerprint density at radius 3 is 2.79 bits per heavy atom. The normalized spacial score (nSPS) is 18.2. The number of aliphatic hydroxyl groups is 1. The van der Waals surface area contributed by atoms with Crippen LogP contribution in [0.3, 0.4) is 0 Å². The average molecular weight is 328 g/mol. The number of likely N-dealkylation sites (tertiary alicyclic amines) is 1. The summed E-state index contributed by atoms with van der Waals surface area (Å²) in [6.45, 7) is 1.23. The van der Waals surface area contributed by atoms with E-state index in [4.69, 9.17) is 0 Å². The fourth-order valence-corrected chi connectivity index (χ4v) is 2.96. The highest BCUT2D eigenvalue weighted by Crippen LogP contribution is 2.15. The van der Waals surface area contributed by atoms with Gasteiger partial charge in [0.05, 0.1) is 11.7 Å². The number of pyridine rings is 1. The molecule has 1 unspecified atom stereocenters. The van der Waals surface area contributed by atoms with Crippen molar-refractivity contribution in [1.29, 1.82) is 0 Å². The third-order valence-electron chi connectivity index (χ3n) is 4.39. The third-order valence-corrected chi connectivity index (χ3v) is 4.39. The molecule has 3 rings (SSSR count). The first-order chi connectivity index (χ1) is 11.6. The van der Waals surface area contributed by atoms with E-state index >= 15 is 0 Å². The number of rotatable bonds is 3. The lowest BCUT2D eigenvalue weighted by atomic mass is 10.1. The monoisotopic (exact) mass is 328 g/mol. The molecule has 4 nitrogen and oxygen atoms in total. The summed E-state index contributed by atoms with van der Waals surface area (Å²) in [4.78, 5) is 18.6. The predicted octanol–water partition coefficient (Wildman–Crippen LogP) is 2.80. The van der Waals surface area contributed by atoms with E-state index in [0.717, 1.165) is 18.5 Å². The quantitative estimate of drug-likeness (QED) is 0.943. The Labute approximate surface area is 141 Å². The Morgan fingerprint density at radius 2 is 2.04 bits per heavy atom. The lowest BCUT2D eigenvalue weighted by molar-refractivity contribution is 0.0752. The number of halogens is 1. The molecule has 2 heterocycles. The molecule has 2 aromatic rings. The Morgan fingerprint density at radius 1 is 1.21 bits per heavy atom. The number of hydrogen-bond donors (Lipinski definition) is 1. The van der Waals surface area contributed by atoms with Crippen LogP contribution in [0, 0.1) is 5.82 Å². The highest BCUT2D eigenvalue weighted by atomic mass is 19.1. The minimum absolute atomic E-state index is 0.0611. The van der Waals surface area contributed by atoms with Gasteiger partial charge in [-0.1, -0.05) is 18.2 Å². The van der Waals surface area contributed by atoms with Gasteiger partial charge in [0.25, 0.3) is 5.91 Å². The van der Waals surface area contributed by atoms with Gasteiger partial charge in [-0.25, -0.2) is 4.39 Å². The number of hydrogen-bond acceptors (Lipinski definition) is 3. The summed E-state index contributed by atoms with van der Waals surface area (Å²) in [7, 11) is 0. The summed E-state index contributed by atoms with van der Waals surface area (Å²) < 4.78 is 13.7. The molecule has 5 heteroatoms. The Bertz CT molecular complexity index is 703. The highest BCUT2D eigenvalue weighted by Gasteiger charge is 2.20. The van der Waals surface area contributed by atoms with E-state index in [1.807, 2.05) is 0 Å². The number of benzene rings is 1. The minimum atomic E-state index is -0.316. The van der Waals surface area contributed by atoms with E-state index in [9.17, 15) is 14.3 Å². The molecule has 1 aromatic heterocycles. The SMILES string of the molecule is O=C(c1ccc(Cc2ccccc2F)nc1)N1CCCC(O)CC1. The van der Waals surface area contributed by atoms with Gasteiger partial charge in [0.15, 0.2) is 0 Å². The second-order valence-corrected chi connectivity index (χ2v) is 6.18. The molecule has 1 atom stereocenters. The predicted molar refractivity (Wildman–Crippen MR) is 89.2 cm³/mol. The van der Waals surface area contributed by atoms with Gasteiger partial charge >= 0.3 is 0 Å². The number of carbonyl (C=O) groups excluding carboxylic acids is 1. The van der Waals surface area contributed by atoms with Gasteiger partial charge in [0.1, 0.15) is 5.82 Å². The third kappa shape index (κ3) is 3.97. The average Bonchev–Trinajstić information content (AvgIpc) is 2.82. The first-order valence-corrected chi connectivity index (χ1v) is 8.29. The largest absolute Gasteiger partial charge is 0.393 e. The molecule has 0 aliphatic carbocycles. The van der Waals surface area contributed by atoms with E-state index in [1.54, 1.807) is 41.4 Å². The topological polar surface area (TPSA) is 53.4 Å². The van der Waals surface area contributed by atoms with Crippen LogP contribution in [0.25, 0.3) is 0 Å². The molecule has 1 saturated heterocycles. The minimum Gasteiger partial charge on any atom is -0.393 e. The molecular weight excluding hydrogens is 307 g/mol. The van der Waals surface area contributed by atoms with Crippen molar-refractivity contribution in [2.24, 2.45) is 0 Å². The Kier molecular flexibility index (Phi) is 5.20. The van der Waals surface area contributed by atoms with Crippen LogP contribution in [-0.2, 0) is 6.42 Å². The number of amides is 1. The number of aromatic nitrogens is 1. The zero-order chi connectivity index (χ0) is 16.9. The zero-order valence-electron chi connectivity index (χ0n) is 13.5. The van der Waals surface area contributed by atoms with Crippen LogP contribution in [0.4, 0.5) is 4.39 Å². The Hall–Kier alpha value is -2.27. The van der Waals surface area contributed by atoms with Crippen LogP contribution in [0.1, 0.15) is 40.9 Å². The van der Waals surface area contributed by atoms with Crippen LogP contribution in [0.2, 0.25) is 0 Å². The van der Waals surface area contributed by atoms with Gasteiger partial charge in [-0.2, -0.15) is 0 Å². The van der Waals surface area contributed by atoms with E-state index in [1.165, 1.54) is 6.07 Å². The summed E-state index contributed by atoms with van der Waals surface area (Å²) >= 11 is 0. The van der Waals surface area contributed by atoms with Crippen LogP contribution < -0.4 is 0 Å². The van der Waals surface area contributed by atoms with Crippen molar-refractivity contribution < 1.29 is 14.3 Å². The smallest absolute Gasteiger partial charge is 0.255 e. The number of aliphatic hydroxyl groups excluding tert-OH is 1. The van der Waals surface area contributed by atoms with Gasteiger partial charge in [-0.3, -0.25) is 9.78 Å². The molecule has 1 aliphatic heterocycles. The molecule has 1 N–H and O–H groups in total. The van der Waals surface area contributed by atoms with Crippen molar-refractivity contribution in [2.45, 2.75) is 31.8 Å². The van der Waals surface area contributed by atoms with E-state index in [0.29, 0.717) is 37.1 Å². The van der Waals surface area contributed by atoms with Crippen molar-refractivity contribution in [1.82, 2.24) is 9.88 Å². The maximum absolute atomic E-state index is 13.7. The maximum atomic E-state index is 13.7. The summed E-state index contributed by atoms with van der Waals surface area (Å²) in [5.74, 6) is -0.309. The zero-order valence-corrected chi connectivity index (χ0v) is 13.5. The van der Waals surface area contributed by atoms with Crippen LogP contribution in [-0.4, -0.2) is 40.1 Å². The molecule has 0 spiro atoms. The van der Waals surface area contributed by atoms with E-state index in [-0.39, 0.29) is 17.8 Å². The van der Waals surface area contributed by atoms with Crippen molar-refractivity contribution >= 4 is 5.91 Å². The Balaban J connectivity index is 1.67. The summed E-state index contributed by atoms with van der Waals surface area (Å²) in [6, 6.07) is 10.1. The molecular formula is C19H21FN2O2. The maximum Gasteiger partial charge on any atom is 0.255 e. The first-order valence-electron chi connectivity index (χ1n) is 8.29. The second-order valence-electron chi connectivity index (χ2n) is 6.18. The van der Waals surface area contributed by atoms with Crippen molar-refractivity contribution in [2.75, 3.05) is 13.1 Å².